The molecule has 4 rings (SSSR count). The average molecular weight is 369 g/mol. The average Bonchev–Trinajstić information content (AvgIpc) is 3.21. The number of urea groups is 1. The molecule has 0 saturated carbocycles. The van der Waals surface area contributed by atoms with Gasteiger partial charge < -0.3 is 5.32 Å². The molecule has 1 saturated heterocycles. The number of hydrogen-bond acceptors (Lipinski definition) is 4. The molecule has 3 heterocycles. The predicted molar refractivity (Wildman–Crippen MR) is 102 cm³/mol. The van der Waals surface area contributed by atoms with E-state index in [1.54, 1.807) is 18.3 Å². The molecule has 1 fully saturated rings. The summed E-state index contributed by atoms with van der Waals surface area (Å²) in [6, 6.07) is 11.6. The minimum absolute atomic E-state index is 0.181. The summed E-state index contributed by atoms with van der Waals surface area (Å²) in [5, 5.41) is 5.03. The summed E-state index contributed by atoms with van der Waals surface area (Å²) < 4.78 is 0. The van der Waals surface area contributed by atoms with E-state index in [4.69, 9.17) is 0 Å². The van der Waals surface area contributed by atoms with Gasteiger partial charge in [0.05, 0.1) is 6.67 Å². The first-order valence-electron chi connectivity index (χ1n) is 9.04. The molecule has 6 heteroatoms. The summed E-state index contributed by atoms with van der Waals surface area (Å²) in [5.41, 5.74) is 1.16. The van der Waals surface area contributed by atoms with Crippen molar-refractivity contribution < 1.29 is 9.59 Å². The van der Waals surface area contributed by atoms with Crippen molar-refractivity contribution >= 4 is 23.3 Å². The maximum Gasteiger partial charge on any atom is 0.326 e. The molecule has 136 valence electrons. The topological polar surface area (TPSA) is 52.6 Å². The van der Waals surface area contributed by atoms with E-state index in [-0.39, 0.29) is 18.0 Å². The number of carbonyl (C=O) groups excluding carboxylic acids is 2. The smallest absolute Gasteiger partial charge is 0.319 e. The third-order valence-corrected chi connectivity index (χ3v) is 6.54. The molecule has 2 aliphatic rings. The molecular formula is C20H23N3O2S. The number of nitrogens with one attached hydrogen (secondary N) is 1. The van der Waals surface area contributed by atoms with Gasteiger partial charge in [-0.1, -0.05) is 37.3 Å². The van der Waals surface area contributed by atoms with Crippen LogP contribution in [0, 0.1) is 0 Å². The molecule has 1 aromatic carbocycles. The number of carbonyl (C=O) groups is 2. The zero-order valence-corrected chi connectivity index (χ0v) is 15.9. The van der Waals surface area contributed by atoms with Crippen molar-refractivity contribution in [2.24, 2.45) is 0 Å². The third kappa shape index (κ3) is 2.64. The molecule has 5 nitrogen and oxygen atoms in total. The minimum Gasteiger partial charge on any atom is -0.319 e. The van der Waals surface area contributed by atoms with Gasteiger partial charge in [-0.3, -0.25) is 9.69 Å². The van der Waals surface area contributed by atoms with Crippen LogP contribution in [0.3, 0.4) is 0 Å². The fourth-order valence-corrected chi connectivity index (χ4v) is 5.00. The molecule has 26 heavy (non-hydrogen) atoms. The first kappa shape index (κ1) is 17.2. The molecule has 1 aromatic heterocycles. The van der Waals surface area contributed by atoms with E-state index in [9.17, 15) is 9.59 Å². The number of imide groups is 1. The molecule has 2 atom stereocenters. The lowest BCUT2D eigenvalue weighted by molar-refractivity contribution is -0.133. The quantitative estimate of drug-likeness (QED) is 0.840. The van der Waals surface area contributed by atoms with E-state index in [0.29, 0.717) is 6.67 Å². The zero-order chi connectivity index (χ0) is 18.3. The van der Waals surface area contributed by atoms with Gasteiger partial charge in [-0.2, -0.15) is 0 Å². The first-order chi connectivity index (χ1) is 12.5. The van der Waals surface area contributed by atoms with Crippen molar-refractivity contribution in [2.45, 2.75) is 38.3 Å². The van der Waals surface area contributed by atoms with Crippen LogP contribution in [0.15, 0.2) is 41.8 Å². The molecule has 0 unspecified atom stereocenters. The highest BCUT2D eigenvalue weighted by molar-refractivity contribution is 7.10. The van der Waals surface area contributed by atoms with Crippen molar-refractivity contribution in [1.29, 1.82) is 0 Å². The van der Waals surface area contributed by atoms with E-state index in [1.165, 1.54) is 15.3 Å². The second-order valence-electron chi connectivity index (χ2n) is 7.08. The fourth-order valence-electron chi connectivity index (χ4n) is 4.07. The van der Waals surface area contributed by atoms with Crippen molar-refractivity contribution in [3.63, 3.8) is 0 Å². The van der Waals surface area contributed by atoms with Crippen LogP contribution in [0.2, 0.25) is 0 Å². The number of thiophene rings is 1. The molecule has 0 radical (unpaired) electrons. The number of nitrogens with zero attached hydrogens (tertiary/aromatic N) is 2. The van der Waals surface area contributed by atoms with E-state index in [2.05, 4.69) is 28.6 Å². The SMILES string of the molecule is CC[C@H]1c2ccsc2CCN1CN1C(=O)N[C@](C)(c2ccccc2)C1=O. The van der Waals surface area contributed by atoms with Gasteiger partial charge >= 0.3 is 6.03 Å². The van der Waals surface area contributed by atoms with Crippen LogP contribution in [0.5, 0.6) is 0 Å². The standard InChI is InChI=1S/C20H23N3O2S/c1-3-16-15-10-12-26-17(15)9-11-22(16)13-23-18(24)20(2,21-19(23)25)14-7-5-4-6-8-14/h4-8,10,12,16H,3,9,11,13H2,1-2H3,(H,21,25)/t16-,20+/m0/s1. The van der Waals surface area contributed by atoms with Crippen LogP contribution in [-0.4, -0.2) is 35.0 Å². The van der Waals surface area contributed by atoms with Crippen LogP contribution in [-0.2, 0) is 16.8 Å². The van der Waals surface area contributed by atoms with Crippen LogP contribution >= 0.6 is 11.3 Å². The molecule has 1 N–H and O–H groups in total. The van der Waals surface area contributed by atoms with Gasteiger partial charge in [0, 0.05) is 17.5 Å². The van der Waals surface area contributed by atoms with Gasteiger partial charge in [-0.05, 0) is 42.3 Å². The van der Waals surface area contributed by atoms with Gasteiger partial charge in [-0.25, -0.2) is 9.69 Å². The second kappa shape index (κ2) is 6.52. The van der Waals surface area contributed by atoms with E-state index >= 15 is 0 Å². The van der Waals surface area contributed by atoms with Crippen LogP contribution < -0.4 is 5.32 Å². The third-order valence-electron chi connectivity index (χ3n) is 5.54. The summed E-state index contributed by atoms with van der Waals surface area (Å²) in [7, 11) is 0. The number of rotatable bonds is 4. The lowest BCUT2D eigenvalue weighted by Crippen LogP contribution is -2.46. The second-order valence-corrected chi connectivity index (χ2v) is 8.08. The molecular weight excluding hydrogens is 346 g/mol. The Balaban J connectivity index is 1.57. The Morgan fingerprint density at radius 1 is 1.23 bits per heavy atom. The van der Waals surface area contributed by atoms with Crippen molar-refractivity contribution in [1.82, 2.24) is 15.1 Å². The Kier molecular flexibility index (Phi) is 4.32. The molecule has 2 aromatic rings. The maximum atomic E-state index is 13.1. The fraction of sp³-hybridized carbons (Fsp3) is 0.400. The number of hydrogen-bond donors (Lipinski definition) is 1. The van der Waals surface area contributed by atoms with Crippen molar-refractivity contribution in [3.05, 3.63) is 57.8 Å². The van der Waals surface area contributed by atoms with Crippen molar-refractivity contribution in [2.75, 3.05) is 13.2 Å². The van der Waals surface area contributed by atoms with Crippen LogP contribution in [0.1, 0.15) is 42.3 Å². The normalized spacial score (nSPS) is 26.1. The summed E-state index contributed by atoms with van der Waals surface area (Å²) in [6.45, 7) is 5.14. The summed E-state index contributed by atoms with van der Waals surface area (Å²) >= 11 is 1.80. The monoisotopic (exact) mass is 369 g/mol. The minimum atomic E-state index is -0.997. The summed E-state index contributed by atoms with van der Waals surface area (Å²) in [6.07, 6.45) is 1.94. The van der Waals surface area contributed by atoms with Crippen LogP contribution in [0.25, 0.3) is 0 Å². The molecule has 2 aliphatic heterocycles. The van der Waals surface area contributed by atoms with E-state index in [1.807, 2.05) is 30.3 Å². The lowest BCUT2D eigenvalue weighted by atomic mass is 9.92. The Hall–Kier alpha value is -2.18. The predicted octanol–water partition coefficient (Wildman–Crippen LogP) is 3.48. The number of amides is 3. The highest BCUT2D eigenvalue weighted by atomic mass is 32.1. The summed E-state index contributed by atoms with van der Waals surface area (Å²) in [5.74, 6) is -0.181. The zero-order valence-electron chi connectivity index (χ0n) is 15.1. The number of benzene rings is 1. The molecule has 0 bridgehead atoms. The number of fused-ring (bicyclic) bond motifs is 1. The van der Waals surface area contributed by atoms with E-state index in [0.717, 1.165) is 24.9 Å². The highest BCUT2D eigenvalue weighted by Gasteiger charge is 2.49. The molecule has 3 amide bonds. The lowest BCUT2D eigenvalue weighted by Gasteiger charge is -2.37. The molecule has 0 aliphatic carbocycles. The van der Waals surface area contributed by atoms with Gasteiger partial charge in [0.15, 0.2) is 0 Å². The van der Waals surface area contributed by atoms with Crippen molar-refractivity contribution in [3.8, 4) is 0 Å². The van der Waals surface area contributed by atoms with Gasteiger partial charge in [0.25, 0.3) is 5.91 Å². The Morgan fingerprint density at radius 3 is 2.73 bits per heavy atom. The van der Waals surface area contributed by atoms with Gasteiger partial charge in [0.1, 0.15) is 5.54 Å². The molecule has 0 spiro atoms. The van der Waals surface area contributed by atoms with Gasteiger partial charge in [-0.15, -0.1) is 11.3 Å². The van der Waals surface area contributed by atoms with E-state index < -0.39 is 5.54 Å². The summed E-state index contributed by atoms with van der Waals surface area (Å²) in [4.78, 5) is 30.8. The largest absolute Gasteiger partial charge is 0.326 e. The Labute approximate surface area is 157 Å². The Morgan fingerprint density at radius 2 is 2.00 bits per heavy atom. The first-order valence-corrected chi connectivity index (χ1v) is 9.92. The van der Waals surface area contributed by atoms with Gasteiger partial charge in [0.2, 0.25) is 0 Å². The highest BCUT2D eigenvalue weighted by Crippen LogP contribution is 2.36. The maximum absolute atomic E-state index is 13.1. The Bertz CT molecular complexity index is 835. The van der Waals surface area contributed by atoms with Crippen LogP contribution in [0.4, 0.5) is 4.79 Å².